The first-order valence-corrected chi connectivity index (χ1v) is 7.30. The zero-order chi connectivity index (χ0) is 13.7. The van der Waals surface area contributed by atoms with Gasteiger partial charge in [-0.15, -0.1) is 0 Å². The summed E-state index contributed by atoms with van der Waals surface area (Å²) in [6, 6.07) is 0.528. The quantitative estimate of drug-likeness (QED) is 0.442. The highest BCUT2D eigenvalue weighted by atomic mass is 15.3. The summed E-state index contributed by atoms with van der Waals surface area (Å²) in [5.41, 5.74) is 3.75. The van der Waals surface area contributed by atoms with Gasteiger partial charge in [-0.25, -0.2) is 15.8 Å². The van der Waals surface area contributed by atoms with Crippen LogP contribution in [-0.4, -0.2) is 16.0 Å². The number of hydrazine groups is 1. The van der Waals surface area contributed by atoms with E-state index in [2.05, 4.69) is 34.6 Å². The Morgan fingerprint density at radius 1 is 1.11 bits per heavy atom. The molecule has 5 heteroatoms. The van der Waals surface area contributed by atoms with Crippen LogP contribution in [0.3, 0.4) is 0 Å². The summed E-state index contributed by atoms with van der Waals surface area (Å²) in [4.78, 5) is 8.62. The fourth-order valence-corrected chi connectivity index (χ4v) is 2.79. The first kappa shape index (κ1) is 14.1. The summed E-state index contributed by atoms with van der Waals surface area (Å²) in [5, 5.41) is 3.60. The van der Waals surface area contributed by atoms with Gasteiger partial charge in [0.1, 0.15) is 18.0 Å². The van der Waals surface area contributed by atoms with Gasteiger partial charge in [0.2, 0.25) is 0 Å². The van der Waals surface area contributed by atoms with Crippen molar-refractivity contribution in [2.45, 2.75) is 64.3 Å². The molecule has 19 heavy (non-hydrogen) atoms. The lowest BCUT2D eigenvalue weighted by Gasteiger charge is -2.21. The predicted octanol–water partition coefficient (Wildman–Crippen LogP) is 3.02. The first-order chi connectivity index (χ1) is 9.22. The van der Waals surface area contributed by atoms with E-state index in [1.165, 1.54) is 38.5 Å². The molecule has 5 nitrogen and oxygen atoms in total. The molecule has 0 aromatic carbocycles. The van der Waals surface area contributed by atoms with Gasteiger partial charge in [-0.05, 0) is 18.8 Å². The van der Waals surface area contributed by atoms with E-state index in [1.54, 1.807) is 6.33 Å². The molecule has 1 aliphatic carbocycles. The molecular weight excluding hydrogens is 238 g/mol. The lowest BCUT2D eigenvalue weighted by molar-refractivity contribution is 0.615. The number of hydrogen-bond acceptors (Lipinski definition) is 5. The molecular formula is C14H25N5. The van der Waals surface area contributed by atoms with Crippen molar-refractivity contribution in [2.75, 3.05) is 10.7 Å². The molecule has 1 aromatic heterocycles. The van der Waals surface area contributed by atoms with Crippen LogP contribution in [0.2, 0.25) is 0 Å². The van der Waals surface area contributed by atoms with E-state index >= 15 is 0 Å². The number of rotatable bonds is 4. The highest BCUT2D eigenvalue weighted by Crippen LogP contribution is 2.29. The van der Waals surface area contributed by atoms with Crippen molar-refractivity contribution in [1.29, 1.82) is 0 Å². The normalized spacial score (nSPS) is 17.3. The number of anilines is 2. The molecule has 0 radical (unpaired) electrons. The largest absolute Gasteiger partial charge is 0.367 e. The van der Waals surface area contributed by atoms with Crippen LogP contribution in [0.15, 0.2) is 6.33 Å². The number of hydrogen-bond donors (Lipinski definition) is 3. The van der Waals surface area contributed by atoms with Gasteiger partial charge in [-0.1, -0.05) is 39.5 Å². The van der Waals surface area contributed by atoms with Crippen molar-refractivity contribution >= 4 is 11.6 Å². The molecule has 0 saturated heterocycles. The Labute approximate surface area is 115 Å². The summed E-state index contributed by atoms with van der Waals surface area (Å²) in [6.45, 7) is 4.27. The van der Waals surface area contributed by atoms with Crippen LogP contribution in [0.4, 0.5) is 11.6 Å². The third-order valence-corrected chi connectivity index (χ3v) is 3.79. The molecule has 1 aliphatic rings. The van der Waals surface area contributed by atoms with E-state index in [9.17, 15) is 0 Å². The second kappa shape index (κ2) is 6.70. The molecule has 0 unspecified atom stereocenters. The van der Waals surface area contributed by atoms with Crippen LogP contribution in [-0.2, 0) is 0 Å². The summed E-state index contributed by atoms with van der Waals surface area (Å²) >= 11 is 0. The van der Waals surface area contributed by atoms with Crippen LogP contribution in [0, 0.1) is 0 Å². The van der Waals surface area contributed by atoms with E-state index < -0.39 is 0 Å². The van der Waals surface area contributed by atoms with Gasteiger partial charge >= 0.3 is 0 Å². The number of aromatic nitrogens is 2. The molecule has 4 N–H and O–H groups in total. The van der Waals surface area contributed by atoms with E-state index in [1.807, 2.05) is 0 Å². The number of nitrogens with one attached hydrogen (secondary N) is 2. The molecule has 0 atom stereocenters. The molecule has 106 valence electrons. The summed E-state index contributed by atoms with van der Waals surface area (Å²) < 4.78 is 0. The Morgan fingerprint density at radius 3 is 2.32 bits per heavy atom. The minimum Gasteiger partial charge on any atom is -0.367 e. The number of nitrogens with zero attached hydrogens (tertiary/aromatic N) is 2. The maximum Gasteiger partial charge on any atom is 0.148 e. The molecule has 2 rings (SSSR count). The topological polar surface area (TPSA) is 75.9 Å². The fourth-order valence-electron chi connectivity index (χ4n) is 2.79. The van der Waals surface area contributed by atoms with Gasteiger partial charge in [0.05, 0.1) is 0 Å². The highest BCUT2D eigenvalue weighted by Gasteiger charge is 2.18. The lowest BCUT2D eigenvalue weighted by atomic mass is 10.0. The smallest absolute Gasteiger partial charge is 0.148 e. The second-order valence-corrected chi connectivity index (χ2v) is 5.62. The Kier molecular flexibility index (Phi) is 4.96. The Hall–Kier alpha value is -1.36. The van der Waals surface area contributed by atoms with E-state index in [0.717, 1.165) is 17.2 Å². The third-order valence-electron chi connectivity index (χ3n) is 3.79. The molecule has 0 aliphatic heterocycles. The molecule has 0 amide bonds. The second-order valence-electron chi connectivity index (χ2n) is 5.62. The molecule has 1 saturated carbocycles. The average Bonchev–Trinajstić information content (AvgIpc) is 2.66. The fraction of sp³-hybridized carbons (Fsp3) is 0.714. The van der Waals surface area contributed by atoms with Gasteiger partial charge < -0.3 is 10.7 Å². The lowest BCUT2D eigenvalue weighted by Crippen LogP contribution is -2.22. The number of nitrogens with two attached hydrogens (primary N) is 1. The summed E-state index contributed by atoms with van der Waals surface area (Å²) in [5.74, 6) is 7.54. The predicted molar refractivity (Wildman–Crippen MR) is 79.0 cm³/mol. The summed E-state index contributed by atoms with van der Waals surface area (Å²) in [7, 11) is 0. The third kappa shape index (κ3) is 3.56. The van der Waals surface area contributed by atoms with Gasteiger partial charge in [0.25, 0.3) is 0 Å². The Bertz CT molecular complexity index is 397. The monoisotopic (exact) mass is 263 g/mol. The van der Waals surface area contributed by atoms with Crippen LogP contribution in [0.25, 0.3) is 0 Å². The zero-order valence-electron chi connectivity index (χ0n) is 11.9. The van der Waals surface area contributed by atoms with Crippen molar-refractivity contribution in [1.82, 2.24) is 9.97 Å². The molecule has 1 aromatic rings. The summed E-state index contributed by atoms with van der Waals surface area (Å²) in [6.07, 6.45) is 9.35. The maximum atomic E-state index is 5.55. The van der Waals surface area contributed by atoms with Crippen molar-refractivity contribution in [3.05, 3.63) is 11.9 Å². The van der Waals surface area contributed by atoms with Crippen LogP contribution in [0.1, 0.15) is 63.9 Å². The van der Waals surface area contributed by atoms with Gasteiger partial charge in [0, 0.05) is 11.6 Å². The first-order valence-electron chi connectivity index (χ1n) is 7.30. The van der Waals surface area contributed by atoms with Crippen molar-refractivity contribution in [2.24, 2.45) is 5.84 Å². The molecule has 0 bridgehead atoms. The van der Waals surface area contributed by atoms with Crippen LogP contribution >= 0.6 is 0 Å². The molecule has 1 fully saturated rings. The van der Waals surface area contributed by atoms with E-state index in [4.69, 9.17) is 5.84 Å². The number of nitrogen functional groups attached to an aromatic ring is 1. The van der Waals surface area contributed by atoms with Gasteiger partial charge in [-0.2, -0.15) is 0 Å². The Morgan fingerprint density at radius 2 is 1.74 bits per heavy atom. The molecule has 0 spiro atoms. The van der Waals surface area contributed by atoms with Crippen LogP contribution < -0.4 is 16.6 Å². The van der Waals surface area contributed by atoms with E-state index in [-0.39, 0.29) is 0 Å². The maximum absolute atomic E-state index is 5.55. The van der Waals surface area contributed by atoms with Gasteiger partial charge in [0.15, 0.2) is 0 Å². The highest BCUT2D eigenvalue weighted by molar-refractivity contribution is 5.58. The SMILES string of the molecule is CC(C)c1c(NN)ncnc1NC1CCCCCC1. The zero-order valence-corrected chi connectivity index (χ0v) is 11.9. The minimum absolute atomic E-state index is 0.334. The van der Waals surface area contributed by atoms with Crippen molar-refractivity contribution in [3.63, 3.8) is 0 Å². The minimum atomic E-state index is 0.334. The van der Waals surface area contributed by atoms with Crippen LogP contribution in [0.5, 0.6) is 0 Å². The standard InChI is InChI=1S/C14H25N5/c1-10(2)12-13(16-9-17-14(12)19-15)18-11-7-5-3-4-6-8-11/h9-11H,3-8,15H2,1-2H3,(H2,16,17,18,19). The van der Waals surface area contributed by atoms with Crippen molar-refractivity contribution in [3.8, 4) is 0 Å². The van der Waals surface area contributed by atoms with E-state index in [0.29, 0.717) is 12.0 Å². The average molecular weight is 263 g/mol. The molecule has 1 heterocycles. The Balaban J connectivity index is 2.18. The van der Waals surface area contributed by atoms with Gasteiger partial charge in [-0.3, -0.25) is 0 Å². The van der Waals surface area contributed by atoms with Crippen molar-refractivity contribution < 1.29 is 0 Å².